The molecule has 20 heavy (non-hydrogen) atoms. The van der Waals surface area contributed by atoms with Crippen molar-refractivity contribution < 1.29 is 14.3 Å². The van der Waals surface area contributed by atoms with E-state index in [0.717, 1.165) is 34.9 Å². The Labute approximate surface area is 117 Å². The standard InChI is InChI=1S/C16H17NO3/c1-9-7-11-8-10-5-4-6-12(18)13(10)15(19-2)14(11)16(17-9)20-3/h7-8H,4-6H2,1-3H3. The first-order valence-corrected chi connectivity index (χ1v) is 6.74. The van der Waals surface area contributed by atoms with E-state index in [0.29, 0.717) is 23.6 Å². The number of hydrogen-bond acceptors (Lipinski definition) is 4. The molecule has 0 spiro atoms. The average molecular weight is 271 g/mol. The van der Waals surface area contributed by atoms with Crippen molar-refractivity contribution in [2.75, 3.05) is 14.2 Å². The molecule has 0 N–H and O–H groups in total. The predicted octanol–water partition coefficient (Wildman–Crippen LogP) is 3.08. The van der Waals surface area contributed by atoms with E-state index in [1.165, 1.54) is 0 Å². The third-order valence-electron chi connectivity index (χ3n) is 3.78. The van der Waals surface area contributed by atoms with E-state index in [1.807, 2.05) is 13.0 Å². The second-order valence-corrected chi connectivity index (χ2v) is 5.09. The van der Waals surface area contributed by atoms with Crippen molar-refractivity contribution >= 4 is 16.6 Å². The van der Waals surface area contributed by atoms with Crippen molar-refractivity contribution in [3.8, 4) is 11.6 Å². The summed E-state index contributed by atoms with van der Waals surface area (Å²) < 4.78 is 10.9. The Hall–Kier alpha value is -2.10. The second kappa shape index (κ2) is 4.78. The molecule has 0 saturated heterocycles. The van der Waals surface area contributed by atoms with E-state index in [-0.39, 0.29) is 5.78 Å². The van der Waals surface area contributed by atoms with Gasteiger partial charge in [0.1, 0.15) is 5.75 Å². The summed E-state index contributed by atoms with van der Waals surface area (Å²) in [7, 11) is 3.18. The van der Waals surface area contributed by atoms with Crippen molar-refractivity contribution in [2.45, 2.75) is 26.2 Å². The fraction of sp³-hybridized carbons (Fsp3) is 0.375. The maximum absolute atomic E-state index is 12.2. The van der Waals surface area contributed by atoms with Crippen LogP contribution < -0.4 is 9.47 Å². The fourth-order valence-electron chi connectivity index (χ4n) is 2.96. The number of fused-ring (bicyclic) bond motifs is 2. The number of benzene rings is 1. The Morgan fingerprint density at radius 1 is 1.15 bits per heavy atom. The van der Waals surface area contributed by atoms with Gasteiger partial charge in [-0.25, -0.2) is 4.98 Å². The van der Waals surface area contributed by atoms with Crippen molar-refractivity contribution in [3.05, 3.63) is 29.0 Å². The number of aryl methyl sites for hydroxylation is 2. The lowest BCUT2D eigenvalue weighted by Gasteiger charge is -2.20. The number of methoxy groups -OCH3 is 2. The molecule has 4 heteroatoms. The Morgan fingerprint density at radius 3 is 2.65 bits per heavy atom. The summed E-state index contributed by atoms with van der Waals surface area (Å²) in [5, 5.41) is 1.80. The molecule has 0 atom stereocenters. The first-order chi connectivity index (χ1) is 9.65. The molecule has 2 aromatic rings. The summed E-state index contributed by atoms with van der Waals surface area (Å²) in [6, 6.07) is 4.07. The van der Waals surface area contributed by atoms with Crippen LogP contribution in [-0.2, 0) is 6.42 Å². The van der Waals surface area contributed by atoms with E-state index in [9.17, 15) is 4.79 Å². The maximum atomic E-state index is 12.2. The van der Waals surface area contributed by atoms with Gasteiger partial charge in [-0.1, -0.05) is 0 Å². The van der Waals surface area contributed by atoms with Crippen LogP contribution in [0.4, 0.5) is 0 Å². The minimum Gasteiger partial charge on any atom is -0.495 e. The van der Waals surface area contributed by atoms with Gasteiger partial charge < -0.3 is 9.47 Å². The number of pyridine rings is 1. The van der Waals surface area contributed by atoms with Crippen molar-refractivity contribution in [1.29, 1.82) is 0 Å². The third kappa shape index (κ3) is 1.83. The molecule has 3 rings (SSSR count). The molecule has 0 bridgehead atoms. The number of hydrogen-bond donors (Lipinski definition) is 0. The van der Waals surface area contributed by atoms with Crippen LogP contribution in [0.2, 0.25) is 0 Å². The Bertz CT molecular complexity index is 707. The van der Waals surface area contributed by atoms with E-state index >= 15 is 0 Å². The molecule has 1 heterocycles. The van der Waals surface area contributed by atoms with Gasteiger partial charge in [-0.05, 0) is 42.8 Å². The summed E-state index contributed by atoms with van der Waals surface area (Å²) in [6.07, 6.45) is 2.40. The van der Waals surface area contributed by atoms with E-state index < -0.39 is 0 Å². The van der Waals surface area contributed by atoms with Gasteiger partial charge in [-0.3, -0.25) is 4.79 Å². The number of aromatic nitrogens is 1. The molecular formula is C16H17NO3. The number of ether oxygens (including phenoxy) is 2. The molecule has 4 nitrogen and oxygen atoms in total. The smallest absolute Gasteiger partial charge is 0.225 e. The lowest BCUT2D eigenvalue weighted by atomic mass is 9.87. The number of Topliss-reactive ketones (excluding diaryl/α,β-unsaturated/α-hetero) is 1. The Kier molecular flexibility index (Phi) is 3.08. The highest BCUT2D eigenvalue weighted by molar-refractivity contribution is 6.08. The molecule has 0 fully saturated rings. The van der Waals surface area contributed by atoms with Crippen LogP contribution in [0.5, 0.6) is 11.6 Å². The van der Waals surface area contributed by atoms with Gasteiger partial charge in [0.2, 0.25) is 5.88 Å². The normalized spacial score (nSPS) is 14.2. The molecule has 0 aliphatic heterocycles. The summed E-state index contributed by atoms with van der Waals surface area (Å²) in [5.41, 5.74) is 2.66. The molecule has 104 valence electrons. The number of nitrogens with zero attached hydrogens (tertiary/aromatic N) is 1. The summed E-state index contributed by atoms with van der Waals surface area (Å²) in [6.45, 7) is 1.93. The largest absolute Gasteiger partial charge is 0.495 e. The second-order valence-electron chi connectivity index (χ2n) is 5.09. The molecule has 0 radical (unpaired) electrons. The zero-order valence-electron chi connectivity index (χ0n) is 11.9. The van der Waals surface area contributed by atoms with Crippen LogP contribution in [0.1, 0.15) is 34.5 Å². The van der Waals surface area contributed by atoms with E-state index in [2.05, 4.69) is 11.1 Å². The number of carbonyl (C=O) groups is 1. The van der Waals surface area contributed by atoms with E-state index in [4.69, 9.17) is 9.47 Å². The number of ketones is 1. The zero-order valence-corrected chi connectivity index (χ0v) is 11.9. The van der Waals surface area contributed by atoms with Crippen molar-refractivity contribution in [1.82, 2.24) is 4.98 Å². The first-order valence-electron chi connectivity index (χ1n) is 6.74. The highest BCUT2D eigenvalue weighted by atomic mass is 16.5. The Balaban J connectivity index is 2.45. The molecule has 1 aliphatic rings. The van der Waals surface area contributed by atoms with Gasteiger partial charge in [0.15, 0.2) is 5.78 Å². The Morgan fingerprint density at radius 2 is 1.95 bits per heavy atom. The van der Waals surface area contributed by atoms with Crippen molar-refractivity contribution in [2.24, 2.45) is 0 Å². The van der Waals surface area contributed by atoms with Gasteiger partial charge in [-0.15, -0.1) is 0 Å². The van der Waals surface area contributed by atoms with Gasteiger partial charge in [-0.2, -0.15) is 0 Å². The average Bonchev–Trinajstić information content (AvgIpc) is 2.44. The first kappa shape index (κ1) is 12.9. The number of rotatable bonds is 2. The van der Waals surface area contributed by atoms with Crippen LogP contribution >= 0.6 is 0 Å². The van der Waals surface area contributed by atoms with Gasteiger partial charge in [0, 0.05) is 12.1 Å². The van der Waals surface area contributed by atoms with Gasteiger partial charge in [0.05, 0.1) is 25.2 Å². The van der Waals surface area contributed by atoms with Crippen LogP contribution in [-0.4, -0.2) is 25.0 Å². The maximum Gasteiger partial charge on any atom is 0.225 e. The molecule has 0 amide bonds. The molecule has 1 aliphatic carbocycles. The lowest BCUT2D eigenvalue weighted by molar-refractivity contribution is 0.0969. The highest BCUT2D eigenvalue weighted by Crippen LogP contribution is 2.40. The molecule has 1 aromatic carbocycles. The van der Waals surface area contributed by atoms with Gasteiger partial charge in [0.25, 0.3) is 0 Å². The molecule has 1 aromatic heterocycles. The minimum absolute atomic E-state index is 0.146. The quantitative estimate of drug-likeness (QED) is 0.842. The van der Waals surface area contributed by atoms with Crippen molar-refractivity contribution in [3.63, 3.8) is 0 Å². The highest BCUT2D eigenvalue weighted by Gasteiger charge is 2.25. The SMILES string of the molecule is COc1nc(C)cc2cc3c(c(OC)c12)C(=O)CCC3. The third-order valence-corrected chi connectivity index (χ3v) is 3.78. The minimum atomic E-state index is 0.146. The predicted molar refractivity (Wildman–Crippen MR) is 76.9 cm³/mol. The zero-order chi connectivity index (χ0) is 14.3. The van der Waals surface area contributed by atoms with Gasteiger partial charge >= 0.3 is 0 Å². The summed E-state index contributed by atoms with van der Waals surface area (Å²) in [5.74, 6) is 1.26. The molecule has 0 unspecified atom stereocenters. The number of carbonyl (C=O) groups excluding carboxylic acids is 1. The monoisotopic (exact) mass is 271 g/mol. The summed E-state index contributed by atoms with van der Waals surface area (Å²) in [4.78, 5) is 16.6. The van der Waals surface area contributed by atoms with Crippen LogP contribution in [0.3, 0.4) is 0 Å². The van der Waals surface area contributed by atoms with Crippen LogP contribution in [0.15, 0.2) is 12.1 Å². The topological polar surface area (TPSA) is 48.4 Å². The van der Waals surface area contributed by atoms with Crippen LogP contribution in [0, 0.1) is 6.92 Å². The van der Waals surface area contributed by atoms with Crippen LogP contribution in [0.25, 0.3) is 10.8 Å². The molecular weight excluding hydrogens is 254 g/mol. The fourth-order valence-corrected chi connectivity index (χ4v) is 2.96. The molecule has 0 saturated carbocycles. The van der Waals surface area contributed by atoms with E-state index in [1.54, 1.807) is 14.2 Å². The summed E-state index contributed by atoms with van der Waals surface area (Å²) >= 11 is 0. The lowest BCUT2D eigenvalue weighted by Crippen LogP contribution is -2.13.